The molecule has 3 heteroatoms. The Kier molecular flexibility index (Phi) is 4.38. The molecule has 0 amide bonds. The molecule has 2 nitrogen and oxygen atoms in total. The van der Waals surface area contributed by atoms with Gasteiger partial charge in [0.2, 0.25) is 0 Å². The average Bonchev–Trinajstić information content (AvgIpc) is 2.67. The van der Waals surface area contributed by atoms with Crippen LogP contribution < -0.4 is 0 Å². The van der Waals surface area contributed by atoms with Crippen molar-refractivity contribution in [2.75, 3.05) is 6.61 Å². The predicted octanol–water partition coefficient (Wildman–Crippen LogP) is 3.53. The van der Waals surface area contributed by atoms with Gasteiger partial charge in [-0.2, -0.15) is 0 Å². The third-order valence-electron chi connectivity index (χ3n) is 2.84. The van der Waals surface area contributed by atoms with Crippen LogP contribution in [0.4, 0.5) is 0 Å². The van der Waals surface area contributed by atoms with Gasteiger partial charge in [-0.15, -0.1) is 0 Å². The minimum absolute atomic E-state index is 0.289. The molecule has 0 spiro atoms. The standard InChI is InChI=1S/C13H17BrO2/c1-10-6-7-12(16-10)9-15-8-11-4-2-3-5-13(11)14/h2-5,10,12H,6-9H2,1H3. The van der Waals surface area contributed by atoms with E-state index in [9.17, 15) is 0 Å². The fourth-order valence-electron chi connectivity index (χ4n) is 1.92. The van der Waals surface area contributed by atoms with E-state index >= 15 is 0 Å². The summed E-state index contributed by atoms with van der Waals surface area (Å²) in [4.78, 5) is 0. The maximum atomic E-state index is 5.69. The Bertz CT molecular complexity index is 340. The Morgan fingerprint density at radius 2 is 2.19 bits per heavy atom. The van der Waals surface area contributed by atoms with Gasteiger partial charge in [-0.25, -0.2) is 0 Å². The summed E-state index contributed by atoms with van der Waals surface area (Å²) in [6.07, 6.45) is 2.97. The number of benzene rings is 1. The molecule has 0 saturated carbocycles. The fourth-order valence-corrected chi connectivity index (χ4v) is 2.32. The highest BCUT2D eigenvalue weighted by Gasteiger charge is 2.21. The number of halogens is 1. The second kappa shape index (κ2) is 5.80. The van der Waals surface area contributed by atoms with Gasteiger partial charge < -0.3 is 9.47 Å². The maximum Gasteiger partial charge on any atom is 0.0813 e. The molecule has 2 unspecified atom stereocenters. The van der Waals surface area contributed by atoms with Crippen LogP contribution in [0.5, 0.6) is 0 Å². The highest BCUT2D eigenvalue weighted by atomic mass is 79.9. The van der Waals surface area contributed by atoms with E-state index in [1.807, 2.05) is 18.2 Å². The van der Waals surface area contributed by atoms with Crippen molar-refractivity contribution in [3.05, 3.63) is 34.3 Å². The summed E-state index contributed by atoms with van der Waals surface area (Å²) in [7, 11) is 0. The predicted molar refractivity (Wildman–Crippen MR) is 67.4 cm³/mol. The molecule has 88 valence electrons. The zero-order valence-corrected chi connectivity index (χ0v) is 11.1. The molecule has 1 aromatic carbocycles. The van der Waals surface area contributed by atoms with Crippen molar-refractivity contribution in [3.8, 4) is 0 Å². The highest BCUT2D eigenvalue weighted by Crippen LogP contribution is 2.20. The second-order valence-corrected chi connectivity index (χ2v) is 5.11. The first-order valence-corrected chi connectivity index (χ1v) is 6.51. The van der Waals surface area contributed by atoms with Crippen molar-refractivity contribution in [2.45, 2.75) is 38.6 Å². The van der Waals surface area contributed by atoms with Crippen molar-refractivity contribution < 1.29 is 9.47 Å². The topological polar surface area (TPSA) is 18.5 Å². The summed E-state index contributed by atoms with van der Waals surface area (Å²) in [5.74, 6) is 0. The lowest BCUT2D eigenvalue weighted by atomic mass is 10.2. The summed E-state index contributed by atoms with van der Waals surface area (Å²) < 4.78 is 12.5. The Morgan fingerprint density at radius 3 is 2.88 bits per heavy atom. The lowest BCUT2D eigenvalue weighted by Crippen LogP contribution is -2.15. The lowest BCUT2D eigenvalue weighted by molar-refractivity contribution is -0.0143. The summed E-state index contributed by atoms with van der Waals surface area (Å²) in [6, 6.07) is 8.14. The molecule has 0 aromatic heterocycles. The van der Waals surface area contributed by atoms with Gasteiger partial charge in [-0.3, -0.25) is 0 Å². The van der Waals surface area contributed by atoms with Crippen molar-refractivity contribution in [3.63, 3.8) is 0 Å². The fraction of sp³-hybridized carbons (Fsp3) is 0.538. The quantitative estimate of drug-likeness (QED) is 0.842. The highest BCUT2D eigenvalue weighted by molar-refractivity contribution is 9.10. The third kappa shape index (κ3) is 3.30. The molecule has 2 rings (SSSR count). The number of ether oxygens (including phenoxy) is 2. The van der Waals surface area contributed by atoms with Crippen molar-refractivity contribution in [1.29, 1.82) is 0 Å². The smallest absolute Gasteiger partial charge is 0.0813 e. The van der Waals surface area contributed by atoms with Gasteiger partial charge in [0.1, 0.15) is 0 Å². The monoisotopic (exact) mass is 284 g/mol. The van der Waals surface area contributed by atoms with Crippen molar-refractivity contribution >= 4 is 15.9 Å². The van der Waals surface area contributed by atoms with Crippen LogP contribution in [0.2, 0.25) is 0 Å². The van der Waals surface area contributed by atoms with Gasteiger partial charge in [-0.05, 0) is 31.4 Å². The van der Waals surface area contributed by atoms with E-state index in [1.165, 1.54) is 5.56 Å². The maximum absolute atomic E-state index is 5.69. The molecule has 1 aliphatic rings. The molecule has 1 saturated heterocycles. The van der Waals surface area contributed by atoms with E-state index < -0.39 is 0 Å². The number of hydrogen-bond donors (Lipinski definition) is 0. The molecule has 1 aliphatic heterocycles. The van der Waals surface area contributed by atoms with Gasteiger partial charge in [0.25, 0.3) is 0 Å². The molecule has 0 N–H and O–H groups in total. The normalized spacial score (nSPS) is 24.9. The van der Waals surface area contributed by atoms with Crippen LogP contribution in [0.3, 0.4) is 0 Å². The van der Waals surface area contributed by atoms with Gasteiger partial charge in [0.15, 0.2) is 0 Å². The van der Waals surface area contributed by atoms with E-state index in [0.717, 1.165) is 17.3 Å². The van der Waals surface area contributed by atoms with E-state index in [2.05, 4.69) is 28.9 Å². The number of hydrogen-bond acceptors (Lipinski definition) is 2. The summed E-state index contributed by atoms with van der Waals surface area (Å²) >= 11 is 3.51. The Labute approximate surface area is 105 Å². The summed E-state index contributed by atoms with van der Waals surface area (Å²) in [5.41, 5.74) is 1.19. The van der Waals surface area contributed by atoms with Crippen molar-refractivity contribution in [1.82, 2.24) is 0 Å². The minimum Gasteiger partial charge on any atom is -0.374 e. The zero-order chi connectivity index (χ0) is 11.4. The lowest BCUT2D eigenvalue weighted by Gasteiger charge is -2.12. The van der Waals surface area contributed by atoms with Gasteiger partial charge in [0.05, 0.1) is 25.4 Å². The first-order valence-electron chi connectivity index (χ1n) is 5.72. The molecular weight excluding hydrogens is 268 g/mol. The van der Waals surface area contributed by atoms with E-state index in [1.54, 1.807) is 0 Å². The summed E-state index contributed by atoms with van der Waals surface area (Å²) in [5, 5.41) is 0. The first kappa shape index (κ1) is 12.1. The van der Waals surface area contributed by atoms with Crippen LogP contribution in [-0.4, -0.2) is 18.8 Å². The zero-order valence-electron chi connectivity index (χ0n) is 9.49. The van der Waals surface area contributed by atoms with Crippen LogP contribution >= 0.6 is 15.9 Å². The molecule has 0 bridgehead atoms. The Morgan fingerprint density at radius 1 is 1.38 bits per heavy atom. The summed E-state index contributed by atoms with van der Waals surface area (Å²) in [6.45, 7) is 3.47. The molecule has 1 fully saturated rings. The van der Waals surface area contributed by atoms with Gasteiger partial charge in [0, 0.05) is 4.47 Å². The van der Waals surface area contributed by atoms with Crippen molar-refractivity contribution in [2.24, 2.45) is 0 Å². The molecule has 2 atom stereocenters. The molecule has 1 aromatic rings. The van der Waals surface area contributed by atoms with Gasteiger partial charge in [-0.1, -0.05) is 34.1 Å². The molecule has 1 heterocycles. The SMILES string of the molecule is CC1CCC(COCc2ccccc2Br)O1. The molecule has 0 radical (unpaired) electrons. The molecule has 16 heavy (non-hydrogen) atoms. The second-order valence-electron chi connectivity index (χ2n) is 4.25. The Balaban J connectivity index is 1.74. The number of rotatable bonds is 4. The van der Waals surface area contributed by atoms with E-state index in [0.29, 0.717) is 19.3 Å². The average molecular weight is 285 g/mol. The van der Waals surface area contributed by atoms with Crippen LogP contribution in [0.25, 0.3) is 0 Å². The van der Waals surface area contributed by atoms with E-state index in [4.69, 9.17) is 9.47 Å². The Hall–Kier alpha value is -0.380. The van der Waals surface area contributed by atoms with Crippen LogP contribution in [-0.2, 0) is 16.1 Å². The molecule has 0 aliphatic carbocycles. The molecular formula is C13H17BrO2. The van der Waals surface area contributed by atoms with Crippen LogP contribution in [0.1, 0.15) is 25.3 Å². The van der Waals surface area contributed by atoms with Crippen LogP contribution in [0, 0.1) is 0 Å². The van der Waals surface area contributed by atoms with Gasteiger partial charge >= 0.3 is 0 Å². The van der Waals surface area contributed by atoms with E-state index in [-0.39, 0.29) is 6.10 Å². The van der Waals surface area contributed by atoms with Crippen LogP contribution in [0.15, 0.2) is 28.7 Å². The first-order chi connectivity index (χ1) is 7.75. The largest absolute Gasteiger partial charge is 0.374 e. The third-order valence-corrected chi connectivity index (χ3v) is 3.61. The minimum atomic E-state index is 0.289.